The van der Waals surface area contributed by atoms with Crippen LogP contribution < -0.4 is 18.9 Å². The van der Waals surface area contributed by atoms with Gasteiger partial charge in [0, 0.05) is 62.6 Å². The number of nitrogens with one attached hydrogen (secondary N) is 2. The van der Waals surface area contributed by atoms with Crippen LogP contribution in [0.3, 0.4) is 0 Å². The van der Waals surface area contributed by atoms with Gasteiger partial charge in [-0.1, -0.05) is 6.07 Å². The van der Waals surface area contributed by atoms with Crippen LogP contribution in [-0.4, -0.2) is 86.7 Å². The summed E-state index contributed by atoms with van der Waals surface area (Å²) in [5.41, 5.74) is 1.04. The maximum absolute atomic E-state index is 12.7. The molecule has 0 atom stereocenters. The minimum absolute atomic E-state index is 0.0825. The largest absolute Gasteiger partial charge is 0.493 e. The molecule has 40 heavy (non-hydrogen) atoms. The monoisotopic (exact) mass is 566 g/mol. The van der Waals surface area contributed by atoms with E-state index in [-0.39, 0.29) is 5.03 Å². The number of sulfonamides is 1. The summed E-state index contributed by atoms with van der Waals surface area (Å²) in [5, 5.41) is 0.656. The second-order valence-electron chi connectivity index (χ2n) is 9.74. The summed E-state index contributed by atoms with van der Waals surface area (Å²) in [5.74, 6) is 2.72. The standard InChI is InChI=1S/C28H34N6O5S/c1-20-30-19-28(31-20)40(35,36)32-21-6-4-7-22(16-21)39-25-8-9-29-24-18-27(26(37-3)17-23(24)25)38-15-5-10-34-13-11-33(2)12-14-34/h4,6-9,16-19,32H,5,10-15H2,1-3H3,(H,30,31). The summed E-state index contributed by atoms with van der Waals surface area (Å²) in [4.78, 5) is 16.1. The molecule has 0 saturated carbocycles. The molecule has 3 heterocycles. The summed E-state index contributed by atoms with van der Waals surface area (Å²) >= 11 is 0. The number of benzene rings is 2. The minimum Gasteiger partial charge on any atom is -0.493 e. The smallest absolute Gasteiger partial charge is 0.280 e. The summed E-state index contributed by atoms with van der Waals surface area (Å²) < 4.78 is 45.8. The third kappa shape index (κ3) is 6.64. The molecular weight excluding hydrogens is 532 g/mol. The fourth-order valence-corrected chi connectivity index (χ4v) is 5.54. The Kier molecular flexibility index (Phi) is 8.38. The maximum atomic E-state index is 12.7. The average molecular weight is 567 g/mol. The molecule has 1 aliphatic rings. The van der Waals surface area contributed by atoms with Crippen LogP contribution in [0, 0.1) is 6.92 Å². The van der Waals surface area contributed by atoms with Crippen LogP contribution in [0.5, 0.6) is 23.0 Å². The first-order valence-corrected chi connectivity index (χ1v) is 14.6. The van der Waals surface area contributed by atoms with Gasteiger partial charge in [-0.3, -0.25) is 9.71 Å². The fourth-order valence-electron chi connectivity index (χ4n) is 4.52. The third-order valence-corrected chi connectivity index (χ3v) is 8.00. The number of imidazole rings is 1. The molecule has 1 aliphatic heterocycles. The molecule has 0 bridgehead atoms. The second-order valence-corrected chi connectivity index (χ2v) is 11.4. The number of rotatable bonds is 11. The Bertz CT molecular complexity index is 1570. The first kappa shape index (κ1) is 27.7. The Labute approximate surface area is 234 Å². The van der Waals surface area contributed by atoms with Gasteiger partial charge in [-0.2, -0.15) is 8.42 Å². The van der Waals surface area contributed by atoms with E-state index in [1.54, 1.807) is 50.6 Å². The normalized spacial score (nSPS) is 14.8. The number of hydrogen-bond acceptors (Lipinski definition) is 9. The molecule has 2 N–H and O–H groups in total. The van der Waals surface area contributed by atoms with Crippen LogP contribution >= 0.6 is 0 Å². The van der Waals surface area contributed by atoms with Crippen molar-refractivity contribution in [1.82, 2.24) is 24.8 Å². The molecule has 1 fully saturated rings. The zero-order valence-corrected chi connectivity index (χ0v) is 23.7. The number of aromatic nitrogens is 3. The van der Waals surface area contributed by atoms with Gasteiger partial charge in [0.05, 0.1) is 24.9 Å². The molecule has 12 heteroatoms. The number of pyridine rings is 1. The van der Waals surface area contributed by atoms with Gasteiger partial charge < -0.3 is 29.0 Å². The number of ether oxygens (including phenoxy) is 3. The Balaban J connectivity index is 1.28. The first-order valence-electron chi connectivity index (χ1n) is 13.1. The van der Waals surface area contributed by atoms with Crippen LogP contribution in [0.15, 0.2) is 59.9 Å². The summed E-state index contributed by atoms with van der Waals surface area (Å²) in [7, 11) is -0.0838. The molecule has 2 aromatic carbocycles. The molecule has 1 saturated heterocycles. The van der Waals surface area contributed by atoms with E-state index >= 15 is 0 Å². The Morgan fingerprint density at radius 3 is 2.62 bits per heavy atom. The van der Waals surface area contributed by atoms with Gasteiger partial charge in [0.1, 0.15) is 17.3 Å². The lowest BCUT2D eigenvalue weighted by Gasteiger charge is -2.32. The number of aromatic amines is 1. The van der Waals surface area contributed by atoms with Crippen LogP contribution in [0.1, 0.15) is 12.2 Å². The maximum Gasteiger partial charge on any atom is 0.280 e. The van der Waals surface area contributed by atoms with Gasteiger partial charge in [0.15, 0.2) is 16.5 Å². The molecular formula is C28H34N6O5S. The van der Waals surface area contributed by atoms with Crippen molar-refractivity contribution >= 4 is 26.6 Å². The zero-order chi connectivity index (χ0) is 28.1. The number of nitrogens with zero attached hydrogens (tertiary/aromatic N) is 4. The number of hydrogen-bond donors (Lipinski definition) is 2. The van der Waals surface area contributed by atoms with Crippen molar-refractivity contribution in [2.75, 3.05) is 58.2 Å². The van der Waals surface area contributed by atoms with Crippen molar-refractivity contribution in [2.24, 2.45) is 0 Å². The van der Waals surface area contributed by atoms with Crippen molar-refractivity contribution in [3.05, 3.63) is 60.7 Å². The highest BCUT2D eigenvalue weighted by Gasteiger charge is 2.18. The minimum atomic E-state index is -3.84. The van der Waals surface area contributed by atoms with Gasteiger partial charge in [-0.25, -0.2) is 4.98 Å². The van der Waals surface area contributed by atoms with Crippen molar-refractivity contribution < 1.29 is 22.6 Å². The van der Waals surface area contributed by atoms with Gasteiger partial charge in [0.2, 0.25) is 0 Å². The number of methoxy groups -OCH3 is 1. The molecule has 5 rings (SSSR count). The van der Waals surface area contributed by atoms with Crippen LogP contribution in [0.2, 0.25) is 0 Å². The van der Waals surface area contributed by atoms with E-state index in [1.165, 1.54) is 6.20 Å². The molecule has 0 unspecified atom stereocenters. The lowest BCUT2D eigenvalue weighted by atomic mass is 10.1. The molecule has 11 nitrogen and oxygen atoms in total. The van der Waals surface area contributed by atoms with E-state index in [9.17, 15) is 8.42 Å². The number of piperazine rings is 1. The summed E-state index contributed by atoms with van der Waals surface area (Å²) in [6.07, 6.45) is 3.93. The van der Waals surface area contributed by atoms with E-state index in [0.29, 0.717) is 46.6 Å². The first-order chi connectivity index (χ1) is 19.3. The lowest BCUT2D eigenvalue weighted by Crippen LogP contribution is -2.44. The van der Waals surface area contributed by atoms with Crippen molar-refractivity contribution in [1.29, 1.82) is 0 Å². The molecule has 4 aromatic rings. The Morgan fingerprint density at radius 1 is 1.05 bits per heavy atom. The predicted octanol–water partition coefficient (Wildman–Crippen LogP) is 3.88. The van der Waals surface area contributed by atoms with Crippen molar-refractivity contribution in [3.8, 4) is 23.0 Å². The van der Waals surface area contributed by atoms with E-state index in [4.69, 9.17) is 14.2 Å². The molecule has 0 amide bonds. The predicted molar refractivity (Wildman–Crippen MR) is 153 cm³/mol. The Hall–Kier alpha value is -3.87. The van der Waals surface area contributed by atoms with E-state index < -0.39 is 10.0 Å². The van der Waals surface area contributed by atoms with E-state index in [2.05, 4.69) is 36.5 Å². The topological polar surface area (TPSA) is 122 Å². The van der Waals surface area contributed by atoms with Crippen LogP contribution in [0.25, 0.3) is 10.9 Å². The zero-order valence-electron chi connectivity index (χ0n) is 22.9. The highest BCUT2D eigenvalue weighted by molar-refractivity contribution is 7.92. The highest BCUT2D eigenvalue weighted by atomic mass is 32.2. The SMILES string of the molecule is COc1cc2c(Oc3cccc(NS(=O)(=O)c4c[nH]c(C)n4)c3)ccnc2cc1OCCCN1CCN(C)CC1. The Morgan fingerprint density at radius 2 is 1.88 bits per heavy atom. The van der Waals surface area contributed by atoms with E-state index in [0.717, 1.165) is 44.5 Å². The molecule has 0 radical (unpaired) electrons. The van der Waals surface area contributed by atoms with E-state index in [1.807, 2.05) is 12.1 Å². The number of likely N-dealkylation sites (N-methyl/N-ethyl adjacent to an activating group) is 1. The van der Waals surface area contributed by atoms with Gasteiger partial charge in [-0.15, -0.1) is 0 Å². The molecule has 0 aliphatic carbocycles. The number of H-pyrrole nitrogens is 1. The van der Waals surface area contributed by atoms with Crippen LogP contribution in [0.4, 0.5) is 5.69 Å². The van der Waals surface area contributed by atoms with Crippen LogP contribution in [-0.2, 0) is 10.0 Å². The highest BCUT2D eigenvalue weighted by Crippen LogP contribution is 2.37. The molecule has 0 spiro atoms. The average Bonchev–Trinajstić information content (AvgIpc) is 3.39. The summed E-state index contributed by atoms with van der Waals surface area (Å²) in [6, 6.07) is 12.2. The van der Waals surface area contributed by atoms with Gasteiger partial charge in [0.25, 0.3) is 10.0 Å². The fraction of sp³-hybridized carbons (Fsp3) is 0.357. The number of aryl methyl sites for hydroxylation is 1. The molecule has 2 aromatic heterocycles. The molecule has 212 valence electrons. The summed E-state index contributed by atoms with van der Waals surface area (Å²) in [6.45, 7) is 7.62. The van der Waals surface area contributed by atoms with Gasteiger partial charge >= 0.3 is 0 Å². The van der Waals surface area contributed by atoms with Crippen molar-refractivity contribution in [3.63, 3.8) is 0 Å². The number of fused-ring (bicyclic) bond motifs is 1. The number of anilines is 1. The quantitative estimate of drug-likeness (QED) is 0.261. The lowest BCUT2D eigenvalue weighted by molar-refractivity contribution is 0.145. The second kappa shape index (κ2) is 12.1. The third-order valence-electron chi connectivity index (χ3n) is 6.73. The van der Waals surface area contributed by atoms with Gasteiger partial charge in [-0.05, 0) is 44.7 Å². The van der Waals surface area contributed by atoms with Crippen molar-refractivity contribution in [2.45, 2.75) is 18.4 Å².